The molecular weight excluding hydrogens is 320 g/mol. The number of rotatable bonds is 7. The van der Waals surface area contributed by atoms with E-state index in [1.54, 1.807) is 0 Å². The number of thiocarbonyl (C=S) groups is 1. The lowest BCUT2D eigenvalue weighted by Crippen LogP contribution is -2.39. The topological polar surface area (TPSA) is 42.5 Å². The fraction of sp³-hybridized carbons (Fsp3) is 0.316. The van der Waals surface area contributed by atoms with Crippen molar-refractivity contribution in [3.8, 4) is 11.5 Å². The minimum absolute atomic E-state index is 0.0730. The van der Waals surface area contributed by atoms with Gasteiger partial charge >= 0.3 is 0 Å². The fourth-order valence-electron chi connectivity index (χ4n) is 2.21. The van der Waals surface area contributed by atoms with Crippen molar-refractivity contribution in [1.82, 2.24) is 5.32 Å². The Morgan fingerprint density at radius 2 is 1.71 bits per heavy atom. The van der Waals surface area contributed by atoms with Gasteiger partial charge in [-0.1, -0.05) is 30.3 Å². The van der Waals surface area contributed by atoms with Crippen LogP contribution >= 0.6 is 12.2 Å². The maximum absolute atomic E-state index is 5.84. The predicted octanol–water partition coefficient (Wildman–Crippen LogP) is 4.15. The first kappa shape index (κ1) is 18.1. The molecule has 1 unspecified atom stereocenters. The van der Waals surface area contributed by atoms with Crippen LogP contribution in [0.25, 0.3) is 0 Å². The number of ether oxygens (including phenoxy) is 2. The highest BCUT2D eigenvalue weighted by molar-refractivity contribution is 7.80. The summed E-state index contributed by atoms with van der Waals surface area (Å²) >= 11 is 5.38. The molecule has 0 radical (unpaired) electrons. The molecule has 0 fully saturated rings. The number of para-hydroxylation sites is 3. The van der Waals surface area contributed by atoms with E-state index >= 15 is 0 Å². The zero-order chi connectivity index (χ0) is 17.4. The van der Waals surface area contributed by atoms with Crippen LogP contribution in [0, 0.1) is 6.92 Å². The SMILES string of the molecule is CCOc1ccccc1NC(=S)NC(C)COc1ccccc1C. The van der Waals surface area contributed by atoms with Gasteiger partial charge in [0.1, 0.15) is 18.1 Å². The molecule has 0 aromatic heterocycles. The minimum atomic E-state index is 0.0730. The second kappa shape index (κ2) is 9.13. The number of aryl methyl sites for hydroxylation is 1. The highest BCUT2D eigenvalue weighted by atomic mass is 32.1. The molecule has 1 atom stereocenters. The zero-order valence-electron chi connectivity index (χ0n) is 14.3. The van der Waals surface area contributed by atoms with Crippen molar-refractivity contribution in [3.05, 3.63) is 54.1 Å². The van der Waals surface area contributed by atoms with Crippen LogP contribution in [0.4, 0.5) is 5.69 Å². The zero-order valence-corrected chi connectivity index (χ0v) is 15.2. The average molecular weight is 344 g/mol. The molecule has 0 heterocycles. The number of hydrogen-bond donors (Lipinski definition) is 2. The van der Waals surface area contributed by atoms with Gasteiger partial charge in [-0.3, -0.25) is 0 Å². The van der Waals surface area contributed by atoms with Crippen molar-refractivity contribution >= 4 is 23.0 Å². The van der Waals surface area contributed by atoms with Crippen molar-refractivity contribution in [2.45, 2.75) is 26.8 Å². The van der Waals surface area contributed by atoms with Gasteiger partial charge in [0.25, 0.3) is 0 Å². The van der Waals surface area contributed by atoms with E-state index in [0.717, 1.165) is 22.7 Å². The van der Waals surface area contributed by atoms with E-state index in [-0.39, 0.29) is 6.04 Å². The molecule has 0 bridgehead atoms. The summed E-state index contributed by atoms with van der Waals surface area (Å²) in [7, 11) is 0. The van der Waals surface area contributed by atoms with Crippen LogP contribution < -0.4 is 20.1 Å². The molecule has 128 valence electrons. The molecule has 0 aliphatic heterocycles. The van der Waals surface area contributed by atoms with E-state index < -0.39 is 0 Å². The molecular formula is C19H24N2O2S. The molecule has 2 aromatic carbocycles. The third kappa shape index (κ3) is 5.42. The number of benzene rings is 2. The van der Waals surface area contributed by atoms with Crippen LogP contribution in [-0.4, -0.2) is 24.4 Å². The van der Waals surface area contributed by atoms with E-state index in [0.29, 0.717) is 18.3 Å². The van der Waals surface area contributed by atoms with Crippen LogP contribution in [0.2, 0.25) is 0 Å². The Bertz CT molecular complexity index is 676. The van der Waals surface area contributed by atoms with Crippen LogP contribution in [0.15, 0.2) is 48.5 Å². The van der Waals surface area contributed by atoms with E-state index in [1.165, 1.54) is 0 Å². The summed E-state index contributed by atoms with van der Waals surface area (Å²) in [6.45, 7) is 7.16. The maximum atomic E-state index is 5.84. The third-order valence-corrected chi connectivity index (χ3v) is 3.61. The maximum Gasteiger partial charge on any atom is 0.171 e. The van der Waals surface area contributed by atoms with Gasteiger partial charge in [0.05, 0.1) is 18.3 Å². The quantitative estimate of drug-likeness (QED) is 0.739. The molecule has 24 heavy (non-hydrogen) atoms. The van der Waals surface area contributed by atoms with Gasteiger partial charge in [-0.15, -0.1) is 0 Å². The Hall–Kier alpha value is -2.27. The Labute approximate surface area is 149 Å². The summed E-state index contributed by atoms with van der Waals surface area (Å²) in [5.74, 6) is 1.68. The van der Waals surface area contributed by atoms with Crippen molar-refractivity contribution < 1.29 is 9.47 Å². The predicted molar refractivity (Wildman–Crippen MR) is 103 cm³/mol. The fourth-order valence-corrected chi connectivity index (χ4v) is 2.52. The van der Waals surface area contributed by atoms with Gasteiger partial charge in [0.2, 0.25) is 0 Å². The van der Waals surface area contributed by atoms with E-state index in [2.05, 4.69) is 10.6 Å². The first-order chi connectivity index (χ1) is 11.6. The Morgan fingerprint density at radius 1 is 1.04 bits per heavy atom. The average Bonchev–Trinajstić information content (AvgIpc) is 2.56. The summed E-state index contributed by atoms with van der Waals surface area (Å²) in [5, 5.41) is 6.95. The normalized spacial score (nSPS) is 11.5. The smallest absolute Gasteiger partial charge is 0.171 e. The van der Waals surface area contributed by atoms with Crippen molar-refractivity contribution in [3.63, 3.8) is 0 Å². The number of hydrogen-bond acceptors (Lipinski definition) is 3. The standard InChI is InChI=1S/C19H24N2O2S/c1-4-22-18-12-8-6-10-16(18)21-19(24)20-15(3)13-23-17-11-7-5-9-14(17)2/h5-12,15H,4,13H2,1-3H3,(H2,20,21,24). The van der Waals surface area contributed by atoms with Crippen LogP contribution in [0.1, 0.15) is 19.4 Å². The lowest BCUT2D eigenvalue weighted by atomic mass is 10.2. The molecule has 0 aliphatic rings. The Balaban J connectivity index is 1.85. The second-order valence-electron chi connectivity index (χ2n) is 5.51. The first-order valence-corrected chi connectivity index (χ1v) is 8.48. The monoisotopic (exact) mass is 344 g/mol. The molecule has 2 aromatic rings. The highest BCUT2D eigenvalue weighted by Gasteiger charge is 2.09. The molecule has 0 aliphatic carbocycles. The highest BCUT2D eigenvalue weighted by Crippen LogP contribution is 2.23. The van der Waals surface area contributed by atoms with Crippen molar-refractivity contribution in [2.24, 2.45) is 0 Å². The van der Waals surface area contributed by atoms with Crippen LogP contribution in [0.5, 0.6) is 11.5 Å². The first-order valence-electron chi connectivity index (χ1n) is 8.08. The molecule has 2 rings (SSSR count). The van der Waals surface area contributed by atoms with Gasteiger partial charge in [0, 0.05) is 0 Å². The molecule has 4 nitrogen and oxygen atoms in total. The molecule has 0 saturated heterocycles. The number of anilines is 1. The van der Waals surface area contributed by atoms with E-state index in [1.807, 2.05) is 69.3 Å². The summed E-state index contributed by atoms with van der Waals surface area (Å²) in [6, 6.07) is 15.8. The van der Waals surface area contributed by atoms with E-state index in [9.17, 15) is 0 Å². The van der Waals surface area contributed by atoms with Crippen molar-refractivity contribution in [2.75, 3.05) is 18.5 Å². The second-order valence-corrected chi connectivity index (χ2v) is 5.91. The molecule has 5 heteroatoms. The number of nitrogens with one attached hydrogen (secondary N) is 2. The lowest BCUT2D eigenvalue weighted by molar-refractivity contribution is 0.285. The molecule has 2 N–H and O–H groups in total. The van der Waals surface area contributed by atoms with Gasteiger partial charge in [0.15, 0.2) is 5.11 Å². The Kier molecular flexibility index (Phi) is 6.88. The van der Waals surface area contributed by atoms with Gasteiger partial charge in [-0.05, 0) is 56.8 Å². The summed E-state index contributed by atoms with van der Waals surface area (Å²) in [4.78, 5) is 0. The lowest BCUT2D eigenvalue weighted by Gasteiger charge is -2.19. The summed E-state index contributed by atoms with van der Waals surface area (Å²) < 4.78 is 11.4. The minimum Gasteiger partial charge on any atom is -0.492 e. The van der Waals surface area contributed by atoms with Crippen LogP contribution in [0.3, 0.4) is 0 Å². The van der Waals surface area contributed by atoms with Gasteiger partial charge in [-0.2, -0.15) is 0 Å². The Morgan fingerprint density at radius 3 is 2.42 bits per heavy atom. The van der Waals surface area contributed by atoms with Crippen LogP contribution in [-0.2, 0) is 0 Å². The van der Waals surface area contributed by atoms with E-state index in [4.69, 9.17) is 21.7 Å². The summed E-state index contributed by atoms with van der Waals surface area (Å²) in [6.07, 6.45) is 0. The summed E-state index contributed by atoms with van der Waals surface area (Å²) in [5.41, 5.74) is 1.97. The molecule has 0 spiro atoms. The third-order valence-electron chi connectivity index (χ3n) is 3.40. The molecule has 0 amide bonds. The molecule has 0 saturated carbocycles. The van der Waals surface area contributed by atoms with Gasteiger partial charge < -0.3 is 20.1 Å². The van der Waals surface area contributed by atoms with Gasteiger partial charge in [-0.25, -0.2) is 0 Å². The van der Waals surface area contributed by atoms with Crippen molar-refractivity contribution in [1.29, 1.82) is 0 Å². The largest absolute Gasteiger partial charge is 0.492 e.